The first-order chi connectivity index (χ1) is 29.7. The van der Waals surface area contributed by atoms with Crippen LogP contribution in [-0.2, 0) is 40.5 Å². The number of hydrogen-bond donors (Lipinski definition) is 6. The van der Waals surface area contributed by atoms with Gasteiger partial charge in [-0.05, 0) is 83.7 Å². The van der Waals surface area contributed by atoms with Crippen molar-refractivity contribution in [2.45, 2.75) is 83.3 Å². The van der Waals surface area contributed by atoms with E-state index in [4.69, 9.17) is 45.6 Å². The third kappa shape index (κ3) is 13.9. The van der Waals surface area contributed by atoms with E-state index in [0.717, 1.165) is 69.3 Å². The zero-order valence-corrected chi connectivity index (χ0v) is 34.5. The Morgan fingerprint density at radius 1 is 0.581 bits per heavy atom. The van der Waals surface area contributed by atoms with Crippen molar-refractivity contribution in [1.82, 2.24) is 10.6 Å². The molecule has 4 aromatic carbocycles. The fourth-order valence-electron chi connectivity index (χ4n) is 7.36. The first kappa shape index (κ1) is 49.8. The predicted molar refractivity (Wildman–Crippen MR) is 220 cm³/mol. The van der Waals surface area contributed by atoms with E-state index in [0.29, 0.717) is 24.2 Å². The monoisotopic (exact) mass is 908 g/mol. The van der Waals surface area contributed by atoms with Gasteiger partial charge in [0.05, 0.1) is 101 Å². The molecule has 2 fully saturated rings. The summed E-state index contributed by atoms with van der Waals surface area (Å²) in [6, 6.07) is 23.8. The minimum atomic E-state index is -4.51. The molecule has 12 nitrogen and oxygen atoms in total. The molecule has 62 heavy (non-hydrogen) atoms. The molecular weight excluding hydrogens is 864 g/mol. The van der Waals surface area contributed by atoms with Gasteiger partial charge < -0.3 is 30.3 Å². The van der Waals surface area contributed by atoms with Gasteiger partial charge >= 0.3 is 12.4 Å². The molecule has 22 heteroatoms. The quantitative estimate of drug-likeness (QED) is 0.0262. The van der Waals surface area contributed by atoms with Gasteiger partial charge in [-0.25, -0.2) is 0 Å². The number of nitrogens with one attached hydrogen (secondary N) is 2. The lowest BCUT2D eigenvalue weighted by atomic mass is 9.81. The first-order valence-corrected chi connectivity index (χ1v) is 20.6. The molecule has 6 atom stereocenters. The van der Waals surface area contributed by atoms with Crippen molar-refractivity contribution in [3.05, 3.63) is 130 Å². The first-order valence-electron chi connectivity index (χ1n) is 19.1. The second-order valence-electron chi connectivity index (χ2n) is 14.2. The molecule has 4 radical (unpaired) electrons. The maximum absolute atomic E-state index is 12.9. The Morgan fingerprint density at radius 3 is 1.15 bits per heavy atom. The average molecular weight is 909 g/mol. The van der Waals surface area contributed by atoms with Crippen LogP contribution in [0.25, 0.3) is 0 Å². The van der Waals surface area contributed by atoms with Crippen molar-refractivity contribution in [3.63, 3.8) is 0 Å². The van der Waals surface area contributed by atoms with Gasteiger partial charge in [0.15, 0.2) is 0 Å². The van der Waals surface area contributed by atoms with Crippen LogP contribution >= 0.6 is 24.1 Å². The summed E-state index contributed by atoms with van der Waals surface area (Å²) in [6.45, 7) is 0.464. The largest absolute Gasteiger partial charge is 0.416 e. The van der Waals surface area contributed by atoms with E-state index in [-0.39, 0.29) is 44.0 Å². The van der Waals surface area contributed by atoms with E-state index in [1.807, 2.05) is 48.5 Å². The Labute approximate surface area is 365 Å². The van der Waals surface area contributed by atoms with Gasteiger partial charge in [-0.15, -0.1) is 18.6 Å². The number of alkyl halides is 6. The summed E-state index contributed by atoms with van der Waals surface area (Å²) in [7, 11) is 11.0. The van der Waals surface area contributed by atoms with E-state index in [1.165, 1.54) is 24.3 Å². The van der Waals surface area contributed by atoms with E-state index in [2.05, 4.69) is 20.6 Å². The number of aliphatic hydroxyl groups excluding tert-OH is 2. The topological polar surface area (TPSA) is 172 Å². The van der Waals surface area contributed by atoms with Crippen molar-refractivity contribution >= 4 is 39.8 Å². The van der Waals surface area contributed by atoms with E-state index < -0.39 is 53.8 Å². The molecule has 0 aliphatic carbocycles. The maximum atomic E-state index is 12.9. The lowest BCUT2D eigenvalue weighted by molar-refractivity contribution is -0.195. The zero-order chi connectivity index (χ0) is 44.9. The van der Waals surface area contributed by atoms with E-state index >= 15 is 0 Å². The van der Waals surface area contributed by atoms with Crippen LogP contribution in [0, 0.1) is 0 Å². The standard InChI is InChI=1S/C21H20BF6NO2.C19H24BN3O6S2/c22-11-29-16-10-31-18(9-17(16)30)19(12-1-5-14(6-2-12)20(23,24)25)13-3-7-15(8-4-13)21(26,27)28;20-11-23-16-10-25-18(9-17(16)24)19(12-1-5-14(6-2-12)30-28-26-21)13-3-7-15(8-4-13)31-29-27-22/h1-8,16-19,29-30H,9-11H2;1-8,16-19,23-24H,9-11,21-22H2/t2*16-,17?,18+/m11/s1. The smallest absolute Gasteiger partial charge is 0.391 e. The molecule has 2 aliphatic heterocycles. The SMILES string of the molecule is [B]CN[C@@H]1CO[C@H](C(c2ccc(C(F)(F)F)cc2)c2ccc(C(F)(F)F)cc2)CC1O.[B]CN[C@@H]1CO[C@H](C(c2ccc(SOON)cc2)c2ccc(SOON)cc2)CC1O. The number of ether oxygens (including phenoxy) is 2. The second kappa shape index (κ2) is 23.7. The molecule has 2 heterocycles. The molecule has 2 unspecified atom stereocenters. The Balaban J connectivity index is 0.000000234. The van der Waals surface area contributed by atoms with Gasteiger partial charge in [0.2, 0.25) is 0 Å². The molecule has 332 valence electrons. The molecule has 0 amide bonds. The molecule has 6 rings (SSSR count). The molecule has 4 aromatic rings. The normalized spacial score (nSPS) is 22.1. The third-order valence-electron chi connectivity index (χ3n) is 10.4. The third-order valence-corrected chi connectivity index (χ3v) is 11.6. The van der Waals surface area contributed by atoms with E-state index in [9.17, 15) is 36.6 Å². The Hall–Kier alpha value is -3.19. The van der Waals surface area contributed by atoms with Crippen LogP contribution in [0.3, 0.4) is 0 Å². The summed E-state index contributed by atoms with van der Waals surface area (Å²) >= 11 is 2.02. The highest BCUT2D eigenvalue weighted by atomic mass is 32.2. The minimum Gasteiger partial charge on any atom is -0.391 e. The average Bonchev–Trinajstić information content (AvgIpc) is 3.25. The molecule has 2 aliphatic rings. The fourth-order valence-corrected chi connectivity index (χ4v) is 8.09. The van der Waals surface area contributed by atoms with E-state index in [1.54, 1.807) is 0 Å². The molecule has 0 bridgehead atoms. The van der Waals surface area contributed by atoms with Crippen molar-refractivity contribution in [2.24, 2.45) is 11.8 Å². The van der Waals surface area contributed by atoms with Crippen molar-refractivity contribution < 1.29 is 64.7 Å². The van der Waals surface area contributed by atoms with Crippen LogP contribution in [0.1, 0.15) is 58.1 Å². The number of hydrogen-bond acceptors (Lipinski definition) is 14. The highest BCUT2D eigenvalue weighted by Crippen LogP contribution is 2.39. The van der Waals surface area contributed by atoms with Gasteiger partial charge in [0, 0.05) is 34.5 Å². The molecule has 8 N–H and O–H groups in total. The molecule has 0 spiro atoms. The molecular formula is C40H44B2F6N4O8S2. The van der Waals surface area contributed by atoms with Crippen LogP contribution in [0.5, 0.6) is 0 Å². The van der Waals surface area contributed by atoms with Crippen LogP contribution in [-0.4, -0.2) is 88.5 Å². The highest BCUT2D eigenvalue weighted by Gasteiger charge is 2.38. The minimum absolute atomic E-state index is 0.0980. The summed E-state index contributed by atoms with van der Waals surface area (Å²) in [4.78, 5) is 9.94. The number of nitrogens with two attached hydrogens (primary N) is 2. The highest BCUT2D eigenvalue weighted by molar-refractivity contribution is 7.94. The fraction of sp³-hybridized carbons (Fsp3) is 0.400. The summed E-state index contributed by atoms with van der Waals surface area (Å²) in [6.07, 6.45) is -10.3. The maximum Gasteiger partial charge on any atom is 0.416 e. The Morgan fingerprint density at radius 2 is 0.887 bits per heavy atom. The number of benzene rings is 4. The predicted octanol–water partition coefficient (Wildman–Crippen LogP) is 5.80. The molecule has 2 saturated heterocycles. The summed E-state index contributed by atoms with van der Waals surface area (Å²) in [5.41, 5.74) is 1.27. The second-order valence-corrected chi connectivity index (χ2v) is 15.8. The van der Waals surface area contributed by atoms with Crippen molar-refractivity contribution in [3.8, 4) is 0 Å². The lowest BCUT2D eigenvalue weighted by Gasteiger charge is -2.38. The Kier molecular flexibility index (Phi) is 19.0. The summed E-state index contributed by atoms with van der Waals surface area (Å²) < 4.78 is 99.1. The van der Waals surface area contributed by atoms with Gasteiger partial charge in [-0.1, -0.05) is 48.5 Å². The van der Waals surface area contributed by atoms with Crippen LogP contribution in [0.15, 0.2) is 107 Å². The molecule has 0 aromatic heterocycles. The van der Waals surface area contributed by atoms with Crippen molar-refractivity contribution in [2.75, 3.05) is 26.1 Å². The van der Waals surface area contributed by atoms with Crippen molar-refractivity contribution in [1.29, 1.82) is 0 Å². The lowest BCUT2D eigenvalue weighted by Crippen LogP contribution is -2.51. The number of halogens is 6. The summed E-state index contributed by atoms with van der Waals surface area (Å²) in [5, 5.41) is 27.0. The van der Waals surface area contributed by atoms with Crippen LogP contribution in [0.2, 0.25) is 0 Å². The van der Waals surface area contributed by atoms with Gasteiger partial charge in [-0.3, -0.25) is 0 Å². The number of aliphatic hydroxyl groups is 2. The molecule has 0 saturated carbocycles. The van der Waals surface area contributed by atoms with Gasteiger partial charge in [0.25, 0.3) is 0 Å². The Bertz CT molecular complexity index is 1820. The van der Waals surface area contributed by atoms with Crippen LogP contribution in [0.4, 0.5) is 26.3 Å². The number of rotatable bonds is 16. The summed E-state index contributed by atoms with van der Waals surface area (Å²) in [5.74, 6) is 9.01. The van der Waals surface area contributed by atoms with Gasteiger partial charge in [0.1, 0.15) is 0 Å². The van der Waals surface area contributed by atoms with Crippen LogP contribution < -0.4 is 22.4 Å². The van der Waals surface area contributed by atoms with Gasteiger partial charge in [-0.2, -0.15) is 38.1 Å². The zero-order valence-electron chi connectivity index (χ0n) is 32.8.